The van der Waals surface area contributed by atoms with Crippen molar-refractivity contribution in [3.05, 3.63) is 48.1 Å². The number of rotatable bonds is 15. The Hall–Kier alpha value is -3.30. The van der Waals surface area contributed by atoms with E-state index in [0.717, 1.165) is 56.3 Å². The number of hydrogen-bond donors (Lipinski definition) is 12. The van der Waals surface area contributed by atoms with Gasteiger partial charge in [-0.1, -0.05) is 65.0 Å². The van der Waals surface area contributed by atoms with Crippen molar-refractivity contribution >= 4 is 11.9 Å². The van der Waals surface area contributed by atoms with Crippen LogP contribution in [0.4, 0.5) is 0 Å². The first-order valence-electron chi connectivity index (χ1n) is 29.5. The van der Waals surface area contributed by atoms with Gasteiger partial charge in [0.15, 0.2) is 6.29 Å². The van der Waals surface area contributed by atoms with Crippen molar-refractivity contribution < 1.29 is 59.9 Å². The highest BCUT2D eigenvalue weighted by Crippen LogP contribution is 2.81. The highest BCUT2D eigenvalue weighted by atomic mass is 16.7. The van der Waals surface area contributed by atoms with Crippen molar-refractivity contribution in [3.8, 4) is 0 Å². The highest BCUT2D eigenvalue weighted by molar-refractivity contribution is 5.86. The van der Waals surface area contributed by atoms with E-state index in [4.69, 9.17) is 15.2 Å². The molecule has 2 aromatic rings. The van der Waals surface area contributed by atoms with Crippen LogP contribution in [0, 0.1) is 79.3 Å². The second kappa shape index (κ2) is 20.3. The number of carbonyl (C=O) groups excluding carboxylic acids is 1. The summed E-state index contributed by atoms with van der Waals surface area (Å²) in [7, 11) is 0. The van der Waals surface area contributed by atoms with Crippen LogP contribution in [0.25, 0.3) is 0 Å². The van der Waals surface area contributed by atoms with Crippen LogP contribution in [0.3, 0.4) is 0 Å². The predicted molar refractivity (Wildman–Crippen MR) is 282 cm³/mol. The van der Waals surface area contributed by atoms with Crippen molar-refractivity contribution in [1.29, 1.82) is 0 Å². The first-order chi connectivity index (χ1) is 36.7. The number of allylic oxidation sites excluding steroid dienone is 2. The van der Waals surface area contributed by atoms with Gasteiger partial charge in [0.2, 0.25) is 5.91 Å². The molecule has 2 aliphatic heterocycles. The maximum absolute atomic E-state index is 15.2. The Morgan fingerprint density at radius 3 is 2.23 bits per heavy atom. The molecule has 77 heavy (non-hydrogen) atoms. The minimum Gasteiger partial charge on any atom is -0.481 e. The Kier molecular flexibility index (Phi) is 14.7. The van der Waals surface area contributed by atoms with E-state index < -0.39 is 98.9 Å². The average Bonchev–Trinajstić information content (AvgIpc) is 4.45. The molecule has 2 saturated heterocycles. The molecule has 0 bridgehead atoms. The first kappa shape index (κ1) is 55.6. The number of imidazole rings is 2. The largest absolute Gasteiger partial charge is 0.481 e. The summed E-state index contributed by atoms with van der Waals surface area (Å²) in [5.41, 5.74) is 3.83. The molecule has 9 aliphatic rings. The summed E-state index contributed by atoms with van der Waals surface area (Å²) in [4.78, 5) is 45.0. The van der Waals surface area contributed by atoms with Gasteiger partial charge >= 0.3 is 5.97 Å². The van der Waals surface area contributed by atoms with Gasteiger partial charge < -0.3 is 71.3 Å². The fraction of sp³-hybridized carbons (Fsp3) is 0.831. The maximum Gasteiger partial charge on any atom is 0.310 e. The summed E-state index contributed by atoms with van der Waals surface area (Å²) in [6.07, 6.45) is 12.6. The molecule has 21 unspecified atom stereocenters. The summed E-state index contributed by atoms with van der Waals surface area (Å²) in [5.74, 6) is -2.73. The van der Waals surface area contributed by atoms with Crippen molar-refractivity contribution in [2.75, 3.05) is 19.8 Å². The number of carboxylic acids is 1. The number of aliphatic carboxylic acids is 1. The molecule has 1 spiro atoms. The van der Waals surface area contributed by atoms with E-state index in [1.807, 2.05) is 13.1 Å². The molecule has 13 N–H and O–H groups in total. The van der Waals surface area contributed by atoms with Crippen LogP contribution < -0.4 is 11.1 Å². The fourth-order valence-electron chi connectivity index (χ4n) is 20.5. The number of aliphatic hydroxyl groups excluding tert-OH is 7. The third-order valence-corrected chi connectivity index (χ3v) is 24.4. The van der Waals surface area contributed by atoms with E-state index in [-0.39, 0.29) is 73.6 Å². The number of ether oxygens (including phenoxy) is 2. The lowest BCUT2D eigenvalue weighted by molar-refractivity contribution is -0.350. The zero-order valence-electron chi connectivity index (χ0n) is 45.9. The fourth-order valence-corrected chi connectivity index (χ4v) is 20.5. The number of carboxylic acid groups (broad SMARTS) is 1. The van der Waals surface area contributed by atoms with E-state index in [9.17, 15) is 45.6 Å². The Balaban J connectivity index is 1.13. The zero-order chi connectivity index (χ0) is 54.7. The number of aliphatic hydroxyl groups is 7. The minimum atomic E-state index is -1.65. The van der Waals surface area contributed by atoms with Crippen molar-refractivity contribution in [2.45, 2.75) is 205 Å². The normalized spacial score (nSPS) is 46.4. The number of nitrogens with one attached hydrogen (secondary N) is 3. The number of aromatic amines is 2. The highest BCUT2D eigenvalue weighted by Gasteiger charge is 2.78. The van der Waals surface area contributed by atoms with Crippen molar-refractivity contribution in [3.63, 3.8) is 0 Å². The van der Waals surface area contributed by atoms with Crippen molar-refractivity contribution in [2.24, 2.45) is 85.1 Å². The standard InChI is InChI=1S/C59H90N6O12/c1-53(28-66)19-20-58(52(74)75)23-33(21-34-25-61-30-63-34)56(4)36(39(58)24-53)12-13-43-55(56,3)18-15-42-54(2,29-67)49(77-50-48(72)47(71)41(68)27-76-50)46(70)38(59(42,43)32-9-5-6-10-32)22-37-45(65-51(73)57(37)16-7-8-17-57)35(11-14-44(60)69)40-26-62-31-64-40/h12,25-26,30-33,35,37-39,41-50,66-72H,5-11,13-24,27-29,60H2,1-4H3,(H,61,63)(H,62,64)(H,65,73)(H,74,75). The van der Waals surface area contributed by atoms with E-state index in [1.165, 1.54) is 5.57 Å². The second-order valence-electron chi connectivity index (χ2n) is 27.5. The van der Waals surface area contributed by atoms with Crippen LogP contribution in [-0.2, 0) is 25.5 Å². The van der Waals surface area contributed by atoms with Gasteiger partial charge in [0.25, 0.3) is 0 Å². The van der Waals surface area contributed by atoms with Crippen molar-refractivity contribution in [1.82, 2.24) is 25.3 Å². The zero-order valence-corrected chi connectivity index (χ0v) is 45.9. The average molecular weight is 1080 g/mol. The number of nitrogens with zero attached hydrogens (tertiary/aromatic N) is 2. The van der Waals surface area contributed by atoms with E-state index >= 15 is 4.79 Å². The Bertz CT molecular complexity index is 2470. The third kappa shape index (κ3) is 8.26. The predicted octanol–water partition coefficient (Wildman–Crippen LogP) is 4.83. The molecule has 0 aromatic carbocycles. The summed E-state index contributed by atoms with van der Waals surface area (Å²) in [6, 6.07) is -0.435. The smallest absolute Gasteiger partial charge is 0.310 e. The molecular formula is C59H90N6O12. The lowest BCUT2D eigenvalue weighted by Crippen LogP contribution is -2.75. The van der Waals surface area contributed by atoms with Crippen LogP contribution in [0.1, 0.15) is 161 Å². The summed E-state index contributed by atoms with van der Waals surface area (Å²) in [5, 5.41) is 96.4. The lowest BCUT2D eigenvalue weighted by Gasteiger charge is -2.76. The van der Waals surface area contributed by atoms with Crippen LogP contribution in [-0.4, -0.2) is 142 Å². The molecular weight excluding hydrogens is 985 g/mol. The van der Waals surface area contributed by atoms with Gasteiger partial charge in [0.05, 0.1) is 48.9 Å². The molecule has 11 rings (SSSR count). The number of H-pyrrole nitrogens is 2. The van der Waals surface area contributed by atoms with Crippen LogP contribution in [0.15, 0.2) is 36.7 Å². The molecule has 18 nitrogen and oxygen atoms in total. The number of fused-ring (bicyclic) bond motifs is 7. The topological polar surface area (TPSA) is 310 Å². The van der Waals surface area contributed by atoms with Gasteiger partial charge in [-0.2, -0.15) is 0 Å². The monoisotopic (exact) mass is 1070 g/mol. The van der Waals surface area contributed by atoms with Gasteiger partial charge in [-0.15, -0.1) is 0 Å². The molecule has 428 valence electrons. The molecule has 2 aromatic heterocycles. The van der Waals surface area contributed by atoms with E-state index in [0.29, 0.717) is 70.6 Å². The number of hydrogen-bond acceptors (Lipinski definition) is 14. The maximum atomic E-state index is 15.2. The lowest BCUT2D eigenvalue weighted by atomic mass is 9.28. The van der Waals surface area contributed by atoms with Gasteiger partial charge in [0.1, 0.15) is 24.5 Å². The molecule has 8 fully saturated rings. The number of aromatic nitrogens is 4. The number of nitrogens with two attached hydrogens (primary N) is 1. The van der Waals surface area contributed by atoms with Crippen LogP contribution in [0.5, 0.6) is 0 Å². The van der Waals surface area contributed by atoms with Gasteiger partial charge in [-0.25, -0.2) is 9.97 Å². The van der Waals surface area contributed by atoms with Gasteiger partial charge in [-0.3, -0.25) is 9.59 Å². The molecule has 21 atom stereocenters. The molecule has 4 heterocycles. The summed E-state index contributed by atoms with van der Waals surface area (Å²) >= 11 is 0. The second-order valence-corrected chi connectivity index (χ2v) is 27.5. The minimum absolute atomic E-state index is 0.00166. The number of carbonyl (C=O) groups is 2. The van der Waals surface area contributed by atoms with Crippen LogP contribution >= 0.6 is 0 Å². The molecule has 1 amide bonds. The molecule has 0 radical (unpaired) electrons. The number of amides is 1. The summed E-state index contributed by atoms with van der Waals surface area (Å²) in [6.45, 7) is 8.31. The first-order valence-corrected chi connectivity index (χ1v) is 29.5. The Labute approximate surface area is 453 Å². The Morgan fingerprint density at radius 1 is 0.857 bits per heavy atom. The summed E-state index contributed by atoms with van der Waals surface area (Å²) < 4.78 is 12.9. The van der Waals surface area contributed by atoms with E-state index in [1.54, 1.807) is 18.9 Å². The third-order valence-electron chi connectivity index (χ3n) is 24.4. The molecule has 7 aliphatic carbocycles. The van der Waals surface area contributed by atoms with E-state index in [2.05, 4.69) is 52.1 Å². The SMILES string of the molecule is CC1(CO)CCC2(C(=O)O)CC(Cc3cnc[nH]3)C3(C)C(=CCC4C5(C6CCCC6)C(CC6C(C(CCC(N)O)c7cnc[nH]7)NC(=O)C67CCCC7)C(O)C(OC6OCC(O)C(O)C6O)C(C)(CO)C5CCC43C)C2C1. The Morgan fingerprint density at radius 2 is 1.58 bits per heavy atom. The van der Waals surface area contributed by atoms with Crippen LogP contribution in [0.2, 0.25) is 0 Å². The van der Waals surface area contributed by atoms with Gasteiger partial charge in [-0.05, 0) is 159 Å². The molecule has 18 heteroatoms. The molecule has 6 saturated carbocycles. The van der Waals surface area contributed by atoms with Gasteiger partial charge in [0, 0.05) is 47.8 Å². The quantitative estimate of drug-likeness (QED) is 0.0646.